The third kappa shape index (κ3) is 5.16. The molecule has 1 aromatic heterocycles. The second-order valence-corrected chi connectivity index (χ2v) is 10.0. The lowest BCUT2D eigenvalue weighted by molar-refractivity contribution is -0.117. The molecule has 1 unspecified atom stereocenters. The molecule has 0 aliphatic rings. The van der Waals surface area contributed by atoms with Gasteiger partial charge in [0, 0.05) is 10.6 Å². The van der Waals surface area contributed by atoms with Crippen molar-refractivity contribution < 1.29 is 13.2 Å². The molecule has 3 rings (SSSR count). The van der Waals surface area contributed by atoms with Crippen LogP contribution < -0.4 is 9.62 Å². The molecule has 2 aromatic carbocycles. The van der Waals surface area contributed by atoms with Crippen molar-refractivity contribution in [3.05, 3.63) is 59.1 Å². The number of amides is 1. The van der Waals surface area contributed by atoms with E-state index in [1.165, 1.54) is 17.4 Å². The van der Waals surface area contributed by atoms with E-state index in [0.29, 0.717) is 20.8 Å². The summed E-state index contributed by atoms with van der Waals surface area (Å²) in [6, 6.07) is 13.2. The van der Waals surface area contributed by atoms with Crippen LogP contribution in [-0.2, 0) is 14.8 Å². The molecule has 0 saturated carbocycles. The monoisotopic (exact) mass is 464 g/mol. The Morgan fingerprint density at radius 2 is 1.90 bits per heavy atom. The number of benzene rings is 2. The lowest BCUT2D eigenvalue weighted by Gasteiger charge is -2.29. The van der Waals surface area contributed by atoms with Crippen LogP contribution in [0.25, 0.3) is 10.6 Å². The standard InChI is InChI=1S/C20H21ClN4O3S2/c1-4-17(25(30(3,27)28)16-7-5-6-15(21)12-16)18(26)22-20-24-23-19(29-20)14-10-8-13(2)9-11-14/h5-12,17H,4H2,1-3H3,(H,22,24,26). The number of carbonyl (C=O) groups excluding carboxylic acids is 1. The number of rotatable bonds is 7. The van der Waals surface area contributed by atoms with E-state index in [9.17, 15) is 13.2 Å². The Kier molecular flexibility index (Phi) is 6.74. The predicted molar refractivity (Wildman–Crippen MR) is 122 cm³/mol. The molecule has 0 fully saturated rings. The van der Waals surface area contributed by atoms with Gasteiger partial charge in [-0.15, -0.1) is 10.2 Å². The SMILES string of the molecule is CCC(C(=O)Nc1nnc(-c2ccc(C)cc2)s1)N(c1cccc(Cl)c1)S(C)(=O)=O. The highest BCUT2D eigenvalue weighted by Crippen LogP contribution is 2.29. The molecule has 30 heavy (non-hydrogen) atoms. The summed E-state index contributed by atoms with van der Waals surface area (Å²) in [5.41, 5.74) is 2.34. The molecular weight excluding hydrogens is 444 g/mol. The van der Waals surface area contributed by atoms with Gasteiger partial charge in [0.1, 0.15) is 11.0 Å². The third-order valence-electron chi connectivity index (χ3n) is 4.35. The van der Waals surface area contributed by atoms with E-state index >= 15 is 0 Å². The zero-order valence-electron chi connectivity index (χ0n) is 16.7. The summed E-state index contributed by atoms with van der Waals surface area (Å²) < 4.78 is 26.1. The first kappa shape index (κ1) is 22.2. The Morgan fingerprint density at radius 1 is 1.20 bits per heavy atom. The van der Waals surface area contributed by atoms with Gasteiger partial charge in [-0.1, -0.05) is 65.8 Å². The Labute approximate surface area is 184 Å². The minimum atomic E-state index is -3.74. The average molecular weight is 465 g/mol. The molecule has 1 atom stereocenters. The van der Waals surface area contributed by atoms with Gasteiger partial charge in [-0.05, 0) is 31.5 Å². The third-order valence-corrected chi connectivity index (χ3v) is 6.65. The molecule has 10 heteroatoms. The van der Waals surface area contributed by atoms with Crippen LogP contribution in [-0.4, -0.2) is 36.8 Å². The first-order chi connectivity index (χ1) is 14.2. The molecule has 7 nitrogen and oxygen atoms in total. The van der Waals surface area contributed by atoms with Crippen LogP contribution in [0.1, 0.15) is 18.9 Å². The van der Waals surface area contributed by atoms with Gasteiger partial charge in [0.25, 0.3) is 0 Å². The van der Waals surface area contributed by atoms with Crippen molar-refractivity contribution in [2.75, 3.05) is 15.9 Å². The summed E-state index contributed by atoms with van der Waals surface area (Å²) in [5.74, 6) is -0.491. The van der Waals surface area contributed by atoms with Crippen LogP contribution in [0.4, 0.5) is 10.8 Å². The van der Waals surface area contributed by atoms with Crippen LogP contribution in [0.5, 0.6) is 0 Å². The number of sulfonamides is 1. The summed E-state index contributed by atoms with van der Waals surface area (Å²) in [5, 5.41) is 12.2. The van der Waals surface area contributed by atoms with E-state index in [1.807, 2.05) is 31.2 Å². The lowest BCUT2D eigenvalue weighted by Crippen LogP contribution is -2.47. The van der Waals surface area contributed by atoms with Crippen LogP contribution in [0.15, 0.2) is 48.5 Å². The minimum Gasteiger partial charge on any atom is -0.299 e. The van der Waals surface area contributed by atoms with E-state index < -0.39 is 22.0 Å². The van der Waals surface area contributed by atoms with Crippen molar-refractivity contribution in [3.63, 3.8) is 0 Å². The van der Waals surface area contributed by atoms with Crippen molar-refractivity contribution in [2.45, 2.75) is 26.3 Å². The van der Waals surface area contributed by atoms with Gasteiger partial charge >= 0.3 is 0 Å². The molecule has 0 radical (unpaired) electrons. The molecule has 0 saturated heterocycles. The van der Waals surface area contributed by atoms with E-state index in [2.05, 4.69) is 15.5 Å². The minimum absolute atomic E-state index is 0.259. The maximum Gasteiger partial charge on any atom is 0.250 e. The maximum absolute atomic E-state index is 13.0. The molecule has 0 aliphatic heterocycles. The van der Waals surface area contributed by atoms with Crippen molar-refractivity contribution in [1.82, 2.24) is 10.2 Å². The van der Waals surface area contributed by atoms with Gasteiger partial charge in [-0.2, -0.15) is 0 Å². The Morgan fingerprint density at radius 3 is 2.50 bits per heavy atom. The number of hydrogen-bond acceptors (Lipinski definition) is 6. The molecule has 0 bridgehead atoms. The van der Waals surface area contributed by atoms with Crippen molar-refractivity contribution >= 4 is 49.7 Å². The molecular formula is C20H21ClN4O3S2. The zero-order valence-corrected chi connectivity index (χ0v) is 19.1. The second kappa shape index (κ2) is 9.11. The van der Waals surface area contributed by atoms with Crippen molar-refractivity contribution in [1.29, 1.82) is 0 Å². The smallest absolute Gasteiger partial charge is 0.250 e. The quantitative estimate of drug-likeness (QED) is 0.561. The largest absolute Gasteiger partial charge is 0.299 e. The van der Waals surface area contributed by atoms with Gasteiger partial charge in [0.05, 0.1) is 11.9 Å². The van der Waals surface area contributed by atoms with E-state index in [-0.39, 0.29) is 6.42 Å². The van der Waals surface area contributed by atoms with Crippen LogP contribution in [0.2, 0.25) is 5.02 Å². The maximum atomic E-state index is 13.0. The van der Waals surface area contributed by atoms with Gasteiger partial charge in [-0.25, -0.2) is 8.42 Å². The Balaban J connectivity index is 1.85. The number of halogens is 1. The first-order valence-corrected chi connectivity index (χ1v) is 12.2. The zero-order chi connectivity index (χ0) is 21.9. The normalized spacial score (nSPS) is 12.4. The highest BCUT2D eigenvalue weighted by Gasteiger charge is 2.32. The number of anilines is 2. The number of hydrogen-bond donors (Lipinski definition) is 1. The first-order valence-electron chi connectivity index (χ1n) is 9.15. The molecule has 0 aliphatic carbocycles. The summed E-state index contributed by atoms with van der Waals surface area (Å²) in [7, 11) is -3.74. The Hall–Kier alpha value is -2.49. The summed E-state index contributed by atoms with van der Waals surface area (Å²) >= 11 is 7.25. The topological polar surface area (TPSA) is 92.3 Å². The van der Waals surface area contributed by atoms with E-state index in [1.54, 1.807) is 25.1 Å². The number of nitrogens with zero attached hydrogens (tertiary/aromatic N) is 3. The number of nitrogens with one attached hydrogen (secondary N) is 1. The van der Waals surface area contributed by atoms with Crippen LogP contribution >= 0.6 is 22.9 Å². The highest BCUT2D eigenvalue weighted by molar-refractivity contribution is 7.92. The molecule has 1 N–H and O–H groups in total. The van der Waals surface area contributed by atoms with Gasteiger partial charge in [-0.3, -0.25) is 14.4 Å². The molecule has 0 spiro atoms. The van der Waals surface area contributed by atoms with Crippen molar-refractivity contribution in [3.8, 4) is 10.6 Å². The predicted octanol–water partition coefficient (Wildman–Crippen LogP) is 4.35. The van der Waals surface area contributed by atoms with Gasteiger partial charge in [0.2, 0.25) is 21.1 Å². The summed E-state index contributed by atoms with van der Waals surface area (Å²) in [4.78, 5) is 13.0. The molecule has 158 valence electrons. The fourth-order valence-corrected chi connectivity index (χ4v) is 5.09. The Bertz CT molecular complexity index is 1150. The van der Waals surface area contributed by atoms with Gasteiger partial charge < -0.3 is 0 Å². The number of carbonyl (C=O) groups is 1. The molecule has 1 heterocycles. The van der Waals surface area contributed by atoms with E-state index in [4.69, 9.17) is 11.6 Å². The van der Waals surface area contributed by atoms with Gasteiger partial charge in [0.15, 0.2) is 0 Å². The average Bonchev–Trinajstić information content (AvgIpc) is 3.13. The fourth-order valence-electron chi connectivity index (χ4n) is 2.95. The molecule has 1 amide bonds. The van der Waals surface area contributed by atoms with E-state index in [0.717, 1.165) is 21.7 Å². The fraction of sp³-hybridized carbons (Fsp3) is 0.250. The molecule has 3 aromatic rings. The second-order valence-electron chi connectivity index (χ2n) is 6.73. The van der Waals surface area contributed by atoms with Crippen LogP contribution in [0, 0.1) is 6.92 Å². The number of aryl methyl sites for hydroxylation is 1. The lowest BCUT2D eigenvalue weighted by atomic mass is 10.2. The highest BCUT2D eigenvalue weighted by atomic mass is 35.5. The summed E-state index contributed by atoms with van der Waals surface area (Å²) in [6.07, 6.45) is 1.32. The van der Waals surface area contributed by atoms with Crippen molar-refractivity contribution in [2.24, 2.45) is 0 Å². The number of aromatic nitrogens is 2. The van der Waals surface area contributed by atoms with Crippen LogP contribution in [0.3, 0.4) is 0 Å². The summed E-state index contributed by atoms with van der Waals surface area (Å²) in [6.45, 7) is 3.73.